The van der Waals surface area contributed by atoms with Crippen LogP contribution >= 0.6 is 0 Å². The molecule has 1 N–H and O–H groups in total. The summed E-state index contributed by atoms with van der Waals surface area (Å²) in [5.74, 6) is -0.809. The highest BCUT2D eigenvalue weighted by Crippen LogP contribution is 2.28. The number of aryl methyl sites for hydroxylation is 1. The van der Waals surface area contributed by atoms with Gasteiger partial charge in [-0.05, 0) is 42.7 Å². The second kappa shape index (κ2) is 11.7. The number of nitrogens with zero attached hydrogens (tertiary/aromatic N) is 2. The van der Waals surface area contributed by atoms with Crippen LogP contribution in [0.5, 0.6) is 0 Å². The minimum absolute atomic E-state index is 0.0904. The van der Waals surface area contributed by atoms with Crippen LogP contribution in [0.3, 0.4) is 0 Å². The molecule has 0 fully saturated rings. The van der Waals surface area contributed by atoms with Crippen LogP contribution in [0.4, 0.5) is 5.69 Å². The third kappa shape index (κ3) is 6.08. The molecule has 0 aliphatic rings. The van der Waals surface area contributed by atoms with E-state index in [9.17, 15) is 18.0 Å². The average Bonchev–Trinajstić information content (AvgIpc) is 2.90. The first-order valence-corrected chi connectivity index (χ1v) is 12.9. The van der Waals surface area contributed by atoms with Crippen LogP contribution < -0.4 is 9.62 Å². The lowest BCUT2D eigenvalue weighted by atomic mass is 10.1. The van der Waals surface area contributed by atoms with Crippen LogP contribution in [0.15, 0.2) is 89.8 Å². The number of rotatable bonds is 10. The predicted molar refractivity (Wildman–Crippen MR) is 137 cm³/mol. The molecule has 3 aromatic rings. The quantitative estimate of drug-likeness (QED) is 0.468. The molecule has 0 aliphatic carbocycles. The van der Waals surface area contributed by atoms with Crippen LogP contribution in [0.25, 0.3) is 0 Å². The molecule has 0 aliphatic heterocycles. The number of nitrogens with one attached hydrogen (secondary N) is 1. The van der Waals surface area contributed by atoms with Crippen molar-refractivity contribution < 1.29 is 18.0 Å². The Balaban J connectivity index is 2.05. The molecule has 0 bridgehead atoms. The van der Waals surface area contributed by atoms with Crippen LogP contribution in [0.1, 0.15) is 25.0 Å². The Labute approximate surface area is 207 Å². The van der Waals surface area contributed by atoms with Crippen LogP contribution in [0, 0.1) is 0 Å². The molecule has 0 radical (unpaired) electrons. The van der Waals surface area contributed by atoms with Crippen molar-refractivity contribution in [3.8, 4) is 0 Å². The van der Waals surface area contributed by atoms with Gasteiger partial charge in [0.25, 0.3) is 10.0 Å². The number of carbonyl (C=O) groups excluding carboxylic acids is 2. The summed E-state index contributed by atoms with van der Waals surface area (Å²) in [5, 5.41) is 2.58. The van der Waals surface area contributed by atoms with Crippen molar-refractivity contribution in [3.63, 3.8) is 0 Å². The van der Waals surface area contributed by atoms with Gasteiger partial charge in [0.1, 0.15) is 12.6 Å². The fraction of sp³-hybridized carbons (Fsp3) is 0.259. The van der Waals surface area contributed by atoms with Crippen molar-refractivity contribution in [2.24, 2.45) is 0 Å². The molecule has 0 heterocycles. The van der Waals surface area contributed by atoms with E-state index >= 15 is 0 Å². The molecular weight excluding hydrogens is 462 g/mol. The van der Waals surface area contributed by atoms with Gasteiger partial charge in [-0.15, -0.1) is 0 Å². The van der Waals surface area contributed by atoms with E-state index in [4.69, 9.17) is 0 Å². The second-order valence-electron chi connectivity index (χ2n) is 8.10. The summed E-state index contributed by atoms with van der Waals surface area (Å²) in [6.45, 7) is 3.30. The average molecular weight is 494 g/mol. The first-order valence-electron chi connectivity index (χ1n) is 11.5. The summed E-state index contributed by atoms with van der Waals surface area (Å²) in [6, 6.07) is 23.7. The zero-order valence-electron chi connectivity index (χ0n) is 20.2. The molecule has 184 valence electrons. The maximum Gasteiger partial charge on any atom is 0.264 e. The summed E-state index contributed by atoms with van der Waals surface area (Å²) in [6.07, 6.45) is 0.591. The smallest absolute Gasteiger partial charge is 0.264 e. The number of sulfonamides is 1. The van der Waals surface area contributed by atoms with Gasteiger partial charge >= 0.3 is 0 Å². The van der Waals surface area contributed by atoms with E-state index in [1.165, 1.54) is 24.1 Å². The molecule has 1 unspecified atom stereocenters. The molecular formula is C27H31N3O4S. The third-order valence-corrected chi connectivity index (χ3v) is 7.63. The number of amides is 2. The highest BCUT2D eigenvalue weighted by molar-refractivity contribution is 7.92. The fourth-order valence-corrected chi connectivity index (χ4v) is 5.33. The molecule has 0 saturated carbocycles. The van der Waals surface area contributed by atoms with E-state index in [0.717, 1.165) is 15.4 Å². The van der Waals surface area contributed by atoms with Gasteiger partial charge in [-0.1, -0.05) is 73.7 Å². The summed E-state index contributed by atoms with van der Waals surface area (Å²) in [5.41, 5.74) is 2.08. The molecule has 35 heavy (non-hydrogen) atoms. The summed E-state index contributed by atoms with van der Waals surface area (Å²) < 4.78 is 28.7. The molecule has 3 rings (SSSR count). The standard InChI is InChI=1S/C27H31N3O4S/c1-4-23-15-11-12-18-25(23)30(35(33,34)24-16-9-6-10-17-24)20-26(31)29(21(2)27(32)28-3)19-22-13-7-5-8-14-22/h5-18,21H,4,19-20H2,1-3H3,(H,28,32). The van der Waals surface area contributed by atoms with E-state index in [0.29, 0.717) is 12.1 Å². The molecule has 3 aromatic carbocycles. The Hall–Kier alpha value is -3.65. The molecule has 7 nitrogen and oxygen atoms in total. The van der Waals surface area contributed by atoms with E-state index in [-0.39, 0.29) is 17.3 Å². The van der Waals surface area contributed by atoms with E-state index < -0.39 is 28.5 Å². The Kier molecular flexibility index (Phi) is 8.65. The van der Waals surface area contributed by atoms with Crippen LogP contribution in [0.2, 0.25) is 0 Å². The van der Waals surface area contributed by atoms with Gasteiger partial charge < -0.3 is 10.2 Å². The van der Waals surface area contributed by atoms with Gasteiger partial charge in [0.05, 0.1) is 10.6 Å². The first-order chi connectivity index (χ1) is 16.8. The number of likely N-dealkylation sites (N-methyl/N-ethyl adjacent to an activating group) is 1. The zero-order chi connectivity index (χ0) is 25.4. The lowest BCUT2D eigenvalue weighted by molar-refractivity contribution is -0.139. The Morgan fingerprint density at radius 2 is 1.46 bits per heavy atom. The number of para-hydroxylation sites is 1. The Morgan fingerprint density at radius 1 is 0.886 bits per heavy atom. The number of benzene rings is 3. The maximum absolute atomic E-state index is 13.8. The highest BCUT2D eigenvalue weighted by Gasteiger charge is 2.32. The van der Waals surface area contributed by atoms with Crippen molar-refractivity contribution in [1.29, 1.82) is 0 Å². The number of hydrogen-bond donors (Lipinski definition) is 1. The Bertz CT molecular complexity index is 1250. The molecule has 2 amide bonds. The maximum atomic E-state index is 13.8. The largest absolute Gasteiger partial charge is 0.357 e. The monoisotopic (exact) mass is 493 g/mol. The predicted octanol–water partition coefficient (Wildman–Crippen LogP) is 3.61. The van der Waals surface area contributed by atoms with E-state index in [1.54, 1.807) is 37.3 Å². The third-order valence-electron chi connectivity index (χ3n) is 5.86. The topological polar surface area (TPSA) is 86.8 Å². The summed E-state index contributed by atoms with van der Waals surface area (Å²) in [4.78, 5) is 27.7. The van der Waals surface area contributed by atoms with Gasteiger partial charge in [0.2, 0.25) is 11.8 Å². The lowest BCUT2D eigenvalue weighted by Gasteiger charge is -2.32. The lowest BCUT2D eigenvalue weighted by Crippen LogP contribution is -2.50. The van der Waals surface area contributed by atoms with Crippen molar-refractivity contribution in [2.75, 3.05) is 17.9 Å². The van der Waals surface area contributed by atoms with Crippen LogP contribution in [-0.4, -0.2) is 44.8 Å². The van der Waals surface area contributed by atoms with Gasteiger partial charge in [-0.3, -0.25) is 13.9 Å². The number of hydrogen-bond acceptors (Lipinski definition) is 4. The summed E-state index contributed by atoms with van der Waals surface area (Å²) in [7, 11) is -2.55. The van der Waals surface area contributed by atoms with Crippen molar-refractivity contribution in [1.82, 2.24) is 10.2 Å². The van der Waals surface area contributed by atoms with Crippen LogP contribution in [-0.2, 0) is 32.6 Å². The van der Waals surface area contributed by atoms with Gasteiger partial charge in [0, 0.05) is 13.6 Å². The number of carbonyl (C=O) groups is 2. The minimum Gasteiger partial charge on any atom is -0.357 e. The molecule has 8 heteroatoms. The summed E-state index contributed by atoms with van der Waals surface area (Å²) >= 11 is 0. The first kappa shape index (κ1) is 26.0. The fourth-order valence-electron chi connectivity index (χ4n) is 3.86. The zero-order valence-corrected chi connectivity index (χ0v) is 21.0. The Morgan fingerprint density at radius 3 is 2.06 bits per heavy atom. The molecule has 0 spiro atoms. The highest BCUT2D eigenvalue weighted by atomic mass is 32.2. The number of anilines is 1. The second-order valence-corrected chi connectivity index (χ2v) is 9.97. The van der Waals surface area contributed by atoms with Gasteiger partial charge in [0.15, 0.2) is 0 Å². The SMILES string of the molecule is CCc1ccccc1N(CC(=O)N(Cc1ccccc1)C(C)C(=O)NC)S(=O)(=O)c1ccccc1. The van der Waals surface area contributed by atoms with Gasteiger partial charge in [-0.2, -0.15) is 0 Å². The minimum atomic E-state index is -4.05. The normalized spacial score (nSPS) is 12.0. The molecule has 0 saturated heterocycles. The molecule has 0 aromatic heterocycles. The van der Waals surface area contributed by atoms with Crippen molar-refractivity contribution >= 4 is 27.5 Å². The molecule has 1 atom stereocenters. The van der Waals surface area contributed by atoms with E-state index in [2.05, 4.69) is 5.32 Å². The van der Waals surface area contributed by atoms with Crippen molar-refractivity contribution in [2.45, 2.75) is 37.8 Å². The van der Waals surface area contributed by atoms with E-state index in [1.807, 2.05) is 49.4 Å². The van der Waals surface area contributed by atoms with Gasteiger partial charge in [-0.25, -0.2) is 8.42 Å². The van der Waals surface area contributed by atoms with Crippen molar-refractivity contribution in [3.05, 3.63) is 96.1 Å².